The van der Waals surface area contributed by atoms with Crippen molar-refractivity contribution in [2.45, 2.75) is 29.7 Å². The largest absolute Gasteiger partial charge is 0.412 e. The molecule has 0 aromatic carbocycles. The van der Waals surface area contributed by atoms with Crippen LogP contribution in [0.25, 0.3) is 0 Å². The first kappa shape index (κ1) is 16500. The molecule has 0 aliphatic rings. The van der Waals surface area contributed by atoms with Crippen LogP contribution in [-0.4, -0.2) is 16.4 Å². The van der Waals surface area contributed by atoms with Gasteiger partial charge in [-0.25, -0.2) is 0 Å². The normalized spacial score (nSPS) is 0. The van der Waals surface area contributed by atoms with Crippen LogP contribution in [0.3, 0.4) is 0 Å². The molecule has 0 saturated heterocycles. The van der Waals surface area contributed by atoms with E-state index >= 15 is 0 Å². The maximum atomic E-state index is 0. The van der Waals surface area contributed by atoms with E-state index in [1.807, 2.05) is 0 Å². The summed E-state index contributed by atoms with van der Waals surface area (Å²) in [5, 5.41) is 0. The smallest absolute Gasteiger partial charge is 0.0776 e. The van der Waals surface area contributed by atoms with E-state index in [-0.39, 0.29) is 46.1 Å². The molecule has 0 heterocycles. The predicted molar refractivity (Wildman–Crippen MR) is 37.8 cm³/mol. The molecule has 3 heteroatoms. The summed E-state index contributed by atoms with van der Waals surface area (Å²) in [6, 6.07) is 0. The Hall–Kier alpha value is -0.120. The van der Waals surface area contributed by atoms with Gasteiger partial charge < -0.3 is 16.4 Å². The van der Waals surface area contributed by atoms with Gasteiger partial charge in [0.2, 0.25) is 0 Å². The van der Waals surface area contributed by atoms with E-state index in [1.165, 1.54) is 0 Å². The lowest BCUT2D eigenvalue weighted by Gasteiger charge is -0.413. The molecule has 0 aromatic heterocycles. The fourth-order valence-corrected chi connectivity index (χ4v) is 0. The molecule has 7 heavy (non-hydrogen) atoms. The topological polar surface area (TPSA) is 94.5 Å². The van der Waals surface area contributed by atoms with Crippen molar-refractivity contribution in [1.82, 2.24) is 0 Å². The van der Waals surface area contributed by atoms with E-state index < -0.39 is 0 Å². The van der Waals surface area contributed by atoms with Crippen LogP contribution < -0.4 is 0 Å². The summed E-state index contributed by atoms with van der Waals surface area (Å²) in [6.45, 7) is 0. The van der Waals surface area contributed by atoms with Crippen LogP contribution in [0.15, 0.2) is 0 Å². The van der Waals surface area contributed by atoms with Crippen LogP contribution in [-0.2, 0) is 0 Å². The minimum Gasteiger partial charge on any atom is -0.412 e. The molecule has 0 saturated carbocycles. The number of hydrogen-bond acceptors (Lipinski definition) is 0. The monoisotopic (exact) mass is 118 g/mol. The highest BCUT2D eigenvalue weighted by Crippen LogP contribution is 0.147. The SMILES string of the molecule is C.C.C.C.O.O.O. The molecular formula is C4H22O3. The van der Waals surface area contributed by atoms with Crippen molar-refractivity contribution >= 4 is 0 Å². The summed E-state index contributed by atoms with van der Waals surface area (Å²) >= 11 is 0. The van der Waals surface area contributed by atoms with Gasteiger partial charge in [0.15, 0.2) is 0 Å². The lowest BCUT2D eigenvalue weighted by Crippen LogP contribution is -0.290. The Bertz CT molecular complexity index is 6.90. The van der Waals surface area contributed by atoms with Crippen molar-refractivity contribution in [3.8, 4) is 0 Å². The van der Waals surface area contributed by atoms with E-state index in [4.69, 9.17) is 0 Å². The highest BCUT2D eigenvalue weighted by molar-refractivity contribution is 2.51. The van der Waals surface area contributed by atoms with Gasteiger partial charge in [0, 0.05) is 0 Å². The highest BCUT2D eigenvalue weighted by atomic mass is 16.0. The minimum absolute atomic E-state index is 0. The Morgan fingerprint density at radius 1 is 0.286 bits per heavy atom. The first-order valence-electron chi connectivity index (χ1n) is 0. The summed E-state index contributed by atoms with van der Waals surface area (Å²) in [5.74, 6) is 0. The van der Waals surface area contributed by atoms with E-state index in [1.54, 1.807) is 0 Å². The Balaban J connectivity index is 0. The van der Waals surface area contributed by atoms with Gasteiger partial charge in [-0.05, 0) is 0 Å². The summed E-state index contributed by atoms with van der Waals surface area (Å²) in [6.07, 6.45) is 0. The predicted octanol–water partition coefficient (Wildman–Crippen LogP) is 0.0703. The molecule has 0 bridgehead atoms. The van der Waals surface area contributed by atoms with Gasteiger partial charge >= 0.3 is 0 Å². The standard InChI is InChI=1S/4CH4.3H2O/h4*1H4;3*1H2. The molecule has 0 aromatic rings. The van der Waals surface area contributed by atoms with Gasteiger partial charge in [-0.2, -0.15) is 0 Å². The maximum Gasteiger partial charge on any atom is -0.0776 e. The molecule has 0 fully saturated rings. The number of rotatable bonds is 0. The molecule has 56 valence electrons. The van der Waals surface area contributed by atoms with Crippen LogP contribution >= 0.6 is 0 Å². The van der Waals surface area contributed by atoms with Crippen molar-refractivity contribution in [3.05, 3.63) is 0 Å². The molecule has 3 nitrogen and oxygen atoms in total. The first-order valence-corrected chi connectivity index (χ1v) is 0. The second kappa shape index (κ2) is 9720. The Kier molecular flexibility index (Phi) is 22900000. The Morgan fingerprint density at radius 2 is 0.286 bits per heavy atom. The van der Waals surface area contributed by atoms with Gasteiger partial charge in [-0.1, -0.05) is 29.7 Å². The molecule has 0 spiro atoms. The summed E-state index contributed by atoms with van der Waals surface area (Å²) in [4.78, 5) is 0. The second-order valence-corrected chi connectivity index (χ2v) is 0. The zero-order chi connectivity index (χ0) is 0. The van der Waals surface area contributed by atoms with Crippen LogP contribution in [0.1, 0.15) is 29.7 Å². The maximum absolute atomic E-state index is 0. The van der Waals surface area contributed by atoms with E-state index in [0.29, 0.717) is 0 Å². The molecule has 0 rings (SSSR count). The van der Waals surface area contributed by atoms with Crippen LogP contribution in [0.4, 0.5) is 0 Å². The third-order valence-corrected chi connectivity index (χ3v) is 0. The summed E-state index contributed by atoms with van der Waals surface area (Å²) in [5.41, 5.74) is 0. The van der Waals surface area contributed by atoms with Crippen LogP contribution in [0.2, 0.25) is 0 Å². The van der Waals surface area contributed by atoms with Crippen molar-refractivity contribution in [1.29, 1.82) is 0 Å². The minimum atomic E-state index is 0. The van der Waals surface area contributed by atoms with Crippen molar-refractivity contribution in [2.24, 2.45) is 0 Å². The highest BCUT2D eigenvalue weighted by Gasteiger charge is -0.0745. The van der Waals surface area contributed by atoms with Crippen LogP contribution in [0.5, 0.6) is 0 Å². The lowest BCUT2D eigenvalue weighted by atomic mass is 12.0. The van der Waals surface area contributed by atoms with Crippen LogP contribution in [0, 0.1) is 0 Å². The Morgan fingerprint density at radius 3 is 0.286 bits per heavy atom. The fourth-order valence-electron chi connectivity index (χ4n) is 0. The molecule has 0 amide bonds. The molecule has 0 aliphatic heterocycles. The van der Waals surface area contributed by atoms with Crippen molar-refractivity contribution in [2.75, 3.05) is 0 Å². The van der Waals surface area contributed by atoms with E-state index in [9.17, 15) is 0 Å². The molecule has 0 aliphatic carbocycles. The van der Waals surface area contributed by atoms with Crippen molar-refractivity contribution < 1.29 is 16.4 Å². The Labute approximate surface area is 47.3 Å². The zero-order valence-corrected chi connectivity index (χ0v) is 1.50. The molecule has 0 radical (unpaired) electrons. The zero-order valence-electron chi connectivity index (χ0n) is 1.50. The summed E-state index contributed by atoms with van der Waals surface area (Å²) in [7, 11) is 0. The average molecular weight is 118 g/mol. The number of hydrogen-bond donors (Lipinski definition) is 0. The van der Waals surface area contributed by atoms with Gasteiger partial charge in [0.25, 0.3) is 0 Å². The quantitative estimate of drug-likeness (QED) is 0.430. The van der Waals surface area contributed by atoms with Gasteiger partial charge in [-0.15, -0.1) is 0 Å². The molecular weight excluding hydrogens is 96.0 g/mol. The van der Waals surface area contributed by atoms with Gasteiger partial charge in [0.1, 0.15) is 0 Å². The fraction of sp³-hybridized carbons (Fsp3) is 1.00. The molecule has 0 atom stereocenters. The molecule has 6 N–H and O–H groups in total. The average Bonchev–Trinajstić information content (AvgIpc) is 0. The van der Waals surface area contributed by atoms with E-state index in [0.717, 1.165) is 0 Å². The summed E-state index contributed by atoms with van der Waals surface area (Å²) < 4.78 is 0. The van der Waals surface area contributed by atoms with Gasteiger partial charge in [-0.3, -0.25) is 0 Å². The second-order valence-electron chi connectivity index (χ2n) is 0. The third-order valence-electron chi connectivity index (χ3n) is 0. The van der Waals surface area contributed by atoms with Crippen molar-refractivity contribution in [3.63, 3.8) is 0 Å². The third kappa shape index (κ3) is 6150. The van der Waals surface area contributed by atoms with Gasteiger partial charge in [0.05, 0.1) is 0 Å². The van der Waals surface area contributed by atoms with E-state index in [2.05, 4.69) is 0 Å². The first-order chi connectivity index (χ1) is 0. The molecule has 0 unspecified atom stereocenters. The lowest BCUT2D eigenvalue weighted by molar-refractivity contribution is 0.823.